The average Bonchev–Trinajstić information content (AvgIpc) is 2.87. The lowest BCUT2D eigenvalue weighted by atomic mass is 9.83. The number of carbonyl (C=O) groups excluding carboxylic acids is 3. The Hall–Kier alpha value is -3.81. The van der Waals surface area contributed by atoms with Gasteiger partial charge in [-0.1, -0.05) is 18.2 Å². The number of hydrogen-bond acceptors (Lipinski definition) is 8. The van der Waals surface area contributed by atoms with Gasteiger partial charge in [-0.25, -0.2) is 4.79 Å². The van der Waals surface area contributed by atoms with Crippen molar-refractivity contribution in [2.24, 2.45) is 0 Å². The standard InChI is InChI=1S/C31H36O8/c1-18(2)37-25-15-20(13-14-24(25)36-4)23-17-27(33)39-26-16-21-10-6-5-7-11-22(32)12-8-9-19(3)38-31(35)28(21)30(34)29(23)26/h6,10,13-16,18-19,23,34H,5,7-9,11-12,17H2,1-4H3/b10-6+. The fourth-order valence-electron chi connectivity index (χ4n) is 5.06. The maximum absolute atomic E-state index is 13.4. The van der Waals surface area contributed by atoms with Crippen LogP contribution in [0.3, 0.4) is 0 Å². The van der Waals surface area contributed by atoms with E-state index in [9.17, 15) is 19.5 Å². The van der Waals surface area contributed by atoms with Crippen LogP contribution in [0.1, 0.15) is 98.7 Å². The molecule has 0 aromatic heterocycles. The van der Waals surface area contributed by atoms with E-state index >= 15 is 0 Å². The number of fused-ring (bicyclic) bond motifs is 2. The van der Waals surface area contributed by atoms with E-state index in [1.807, 2.05) is 26.0 Å². The van der Waals surface area contributed by atoms with E-state index in [-0.39, 0.29) is 35.4 Å². The summed E-state index contributed by atoms with van der Waals surface area (Å²) in [5.41, 5.74) is 1.47. The number of ketones is 1. The molecule has 2 heterocycles. The number of carbonyl (C=O) groups is 3. The maximum atomic E-state index is 13.4. The molecular weight excluding hydrogens is 500 g/mol. The monoisotopic (exact) mass is 536 g/mol. The number of Topliss-reactive ketones (excluding diaryl/α,β-unsaturated/α-hetero) is 1. The zero-order valence-corrected chi connectivity index (χ0v) is 23.0. The number of allylic oxidation sites excluding steroid dienone is 1. The molecule has 8 nitrogen and oxygen atoms in total. The van der Waals surface area contributed by atoms with E-state index in [1.54, 1.807) is 38.3 Å². The summed E-state index contributed by atoms with van der Waals surface area (Å²) in [4.78, 5) is 38.2. The van der Waals surface area contributed by atoms with Gasteiger partial charge in [0.25, 0.3) is 0 Å². The molecule has 0 saturated heterocycles. The van der Waals surface area contributed by atoms with Crippen LogP contribution in [0, 0.1) is 0 Å². The molecule has 0 saturated carbocycles. The van der Waals surface area contributed by atoms with Crippen molar-refractivity contribution in [3.8, 4) is 23.0 Å². The van der Waals surface area contributed by atoms with Gasteiger partial charge < -0.3 is 24.1 Å². The van der Waals surface area contributed by atoms with Gasteiger partial charge in [-0.05, 0) is 75.8 Å². The molecule has 0 fully saturated rings. The highest BCUT2D eigenvalue weighted by Crippen LogP contribution is 2.48. The van der Waals surface area contributed by atoms with Crippen LogP contribution in [0.2, 0.25) is 0 Å². The highest BCUT2D eigenvalue weighted by molar-refractivity contribution is 5.98. The molecule has 2 aromatic rings. The molecule has 2 aromatic carbocycles. The lowest BCUT2D eigenvalue weighted by Crippen LogP contribution is -2.23. The number of hydrogen-bond donors (Lipinski definition) is 1. The summed E-state index contributed by atoms with van der Waals surface area (Å²) in [5.74, 6) is -0.525. The van der Waals surface area contributed by atoms with Crippen molar-refractivity contribution in [1.29, 1.82) is 0 Å². The highest BCUT2D eigenvalue weighted by Gasteiger charge is 2.36. The number of benzene rings is 2. The number of methoxy groups -OCH3 is 1. The van der Waals surface area contributed by atoms with Gasteiger partial charge in [-0.2, -0.15) is 0 Å². The molecule has 2 unspecified atom stereocenters. The Labute approximate surface area is 228 Å². The molecule has 0 bridgehead atoms. The molecule has 2 aliphatic heterocycles. The summed E-state index contributed by atoms with van der Waals surface area (Å²) in [6.45, 7) is 5.58. The third-order valence-corrected chi connectivity index (χ3v) is 6.93. The van der Waals surface area contributed by atoms with Gasteiger partial charge in [0.1, 0.15) is 22.8 Å². The maximum Gasteiger partial charge on any atom is 0.342 e. The minimum absolute atomic E-state index is 0.0257. The van der Waals surface area contributed by atoms with Crippen LogP contribution in [0.4, 0.5) is 0 Å². The van der Waals surface area contributed by atoms with E-state index in [0.717, 1.165) is 0 Å². The smallest absolute Gasteiger partial charge is 0.342 e. The zero-order chi connectivity index (χ0) is 28.1. The first-order valence-electron chi connectivity index (χ1n) is 13.5. The fourth-order valence-corrected chi connectivity index (χ4v) is 5.06. The van der Waals surface area contributed by atoms with Crippen LogP contribution in [0.5, 0.6) is 23.0 Å². The Kier molecular flexibility index (Phi) is 8.94. The minimum Gasteiger partial charge on any atom is -0.507 e. The highest BCUT2D eigenvalue weighted by atomic mass is 16.5. The van der Waals surface area contributed by atoms with Crippen molar-refractivity contribution in [3.63, 3.8) is 0 Å². The van der Waals surface area contributed by atoms with Gasteiger partial charge in [0.05, 0.1) is 25.7 Å². The molecule has 0 spiro atoms. The normalized spacial score (nSPS) is 21.2. The number of esters is 2. The Morgan fingerprint density at radius 2 is 1.82 bits per heavy atom. The molecule has 1 N–H and O–H groups in total. The third kappa shape index (κ3) is 6.61. The minimum atomic E-state index is -0.667. The molecule has 2 aliphatic rings. The number of phenols is 1. The average molecular weight is 537 g/mol. The predicted octanol–water partition coefficient (Wildman–Crippen LogP) is 6.11. The number of ether oxygens (including phenoxy) is 4. The molecule has 0 aliphatic carbocycles. The van der Waals surface area contributed by atoms with Crippen molar-refractivity contribution >= 4 is 23.8 Å². The summed E-state index contributed by atoms with van der Waals surface area (Å²) in [6, 6.07) is 6.96. The molecule has 208 valence electrons. The van der Waals surface area contributed by atoms with Gasteiger partial charge in [-0.3, -0.25) is 9.59 Å². The number of rotatable bonds is 4. The number of aromatic hydroxyl groups is 1. The van der Waals surface area contributed by atoms with E-state index in [1.165, 1.54) is 0 Å². The van der Waals surface area contributed by atoms with Crippen molar-refractivity contribution in [3.05, 3.63) is 52.6 Å². The molecule has 0 amide bonds. The summed E-state index contributed by atoms with van der Waals surface area (Å²) in [5, 5.41) is 11.6. The van der Waals surface area contributed by atoms with Gasteiger partial charge in [0.15, 0.2) is 11.5 Å². The Morgan fingerprint density at radius 1 is 1.05 bits per heavy atom. The predicted molar refractivity (Wildman–Crippen MR) is 146 cm³/mol. The summed E-state index contributed by atoms with van der Waals surface area (Å²) in [7, 11) is 1.55. The van der Waals surface area contributed by atoms with E-state index in [4.69, 9.17) is 18.9 Å². The van der Waals surface area contributed by atoms with E-state index in [2.05, 4.69) is 0 Å². The summed E-state index contributed by atoms with van der Waals surface area (Å²) in [6.07, 6.45) is 6.41. The van der Waals surface area contributed by atoms with Crippen molar-refractivity contribution in [2.75, 3.05) is 7.11 Å². The molecule has 4 rings (SSSR count). The molecule has 8 heteroatoms. The molecule has 39 heavy (non-hydrogen) atoms. The first-order chi connectivity index (χ1) is 18.7. The van der Waals surface area contributed by atoms with Crippen molar-refractivity contribution in [2.45, 2.75) is 83.8 Å². The van der Waals surface area contributed by atoms with Gasteiger partial charge in [0, 0.05) is 24.3 Å². The lowest BCUT2D eigenvalue weighted by Gasteiger charge is -2.28. The van der Waals surface area contributed by atoms with Gasteiger partial charge in [0.2, 0.25) is 0 Å². The topological polar surface area (TPSA) is 108 Å². The Bertz CT molecular complexity index is 1280. The third-order valence-electron chi connectivity index (χ3n) is 6.93. The largest absolute Gasteiger partial charge is 0.507 e. The van der Waals surface area contributed by atoms with E-state index < -0.39 is 24.0 Å². The molecule has 0 radical (unpaired) electrons. The first kappa shape index (κ1) is 28.2. The number of phenolic OH excluding ortho intramolecular Hbond substituents is 1. The lowest BCUT2D eigenvalue weighted by molar-refractivity contribution is -0.135. The first-order valence-corrected chi connectivity index (χ1v) is 13.5. The van der Waals surface area contributed by atoms with Crippen LogP contribution < -0.4 is 14.2 Å². The second kappa shape index (κ2) is 12.4. The van der Waals surface area contributed by atoms with Crippen LogP contribution in [0.15, 0.2) is 30.3 Å². The molecular formula is C31H36O8. The summed E-state index contributed by atoms with van der Waals surface area (Å²) < 4.78 is 22.6. The SMILES string of the molecule is COc1ccc(C2CC(=O)Oc3cc4c(c(O)c32)C(=O)OC(C)CCCC(=O)CCC/C=C/4)cc1OC(C)C. The van der Waals surface area contributed by atoms with Crippen LogP contribution in [-0.4, -0.2) is 42.1 Å². The quantitative estimate of drug-likeness (QED) is 0.368. The van der Waals surface area contributed by atoms with Crippen molar-refractivity contribution < 1.29 is 38.4 Å². The van der Waals surface area contributed by atoms with Gasteiger partial charge >= 0.3 is 11.9 Å². The van der Waals surface area contributed by atoms with E-state index in [0.29, 0.717) is 66.7 Å². The second-order valence-electron chi connectivity index (χ2n) is 10.4. The summed E-state index contributed by atoms with van der Waals surface area (Å²) >= 11 is 0. The van der Waals surface area contributed by atoms with Crippen LogP contribution >= 0.6 is 0 Å². The number of cyclic esters (lactones) is 1. The molecule has 2 atom stereocenters. The van der Waals surface area contributed by atoms with Crippen LogP contribution in [0.25, 0.3) is 6.08 Å². The second-order valence-corrected chi connectivity index (χ2v) is 10.4. The van der Waals surface area contributed by atoms with Crippen LogP contribution in [-0.2, 0) is 14.3 Å². The van der Waals surface area contributed by atoms with Crippen molar-refractivity contribution in [1.82, 2.24) is 0 Å². The Morgan fingerprint density at radius 3 is 2.56 bits per heavy atom. The van der Waals surface area contributed by atoms with Gasteiger partial charge in [-0.15, -0.1) is 0 Å². The Balaban J connectivity index is 1.82. The zero-order valence-electron chi connectivity index (χ0n) is 23.0. The fraction of sp³-hybridized carbons (Fsp3) is 0.452.